The lowest BCUT2D eigenvalue weighted by atomic mass is 10.1. The van der Waals surface area contributed by atoms with E-state index in [1.54, 1.807) is 0 Å². The van der Waals surface area contributed by atoms with E-state index in [1.807, 2.05) is 22.8 Å². The number of nitrogens with zero attached hydrogens (tertiary/aromatic N) is 4. The molecule has 0 spiro atoms. The Morgan fingerprint density at radius 3 is 3.25 bits per heavy atom. The van der Waals surface area contributed by atoms with Gasteiger partial charge in [0.25, 0.3) is 0 Å². The minimum Gasteiger partial charge on any atom is -0.443 e. The highest BCUT2D eigenvalue weighted by Gasteiger charge is 2.20. The van der Waals surface area contributed by atoms with Crippen molar-refractivity contribution in [2.75, 3.05) is 11.9 Å². The van der Waals surface area contributed by atoms with E-state index in [0.717, 1.165) is 36.5 Å². The molecule has 98 valence electrons. The number of hydrogen-bond donors (Lipinski definition) is 1. The van der Waals surface area contributed by atoms with Gasteiger partial charge >= 0.3 is 0 Å². The molecule has 6 heteroatoms. The summed E-state index contributed by atoms with van der Waals surface area (Å²) in [7, 11) is 0. The second-order valence-corrected chi connectivity index (χ2v) is 4.71. The summed E-state index contributed by atoms with van der Waals surface area (Å²) in [6.45, 7) is 1.71. The van der Waals surface area contributed by atoms with Crippen LogP contribution in [-0.4, -0.2) is 21.1 Å². The van der Waals surface area contributed by atoms with Crippen molar-refractivity contribution in [2.45, 2.75) is 13.0 Å². The summed E-state index contributed by atoms with van der Waals surface area (Å²) < 4.78 is 7.25. The smallest absolute Gasteiger partial charge is 0.204 e. The molecular formula is C14H11N5O. The van der Waals surface area contributed by atoms with Gasteiger partial charge in [-0.3, -0.25) is 0 Å². The number of hydrogen-bond acceptors (Lipinski definition) is 5. The van der Waals surface area contributed by atoms with Gasteiger partial charge in [0.15, 0.2) is 12.0 Å². The summed E-state index contributed by atoms with van der Waals surface area (Å²) in [5, 5.41) is 12.6. The first-order valence-corrected chi connectivity index (χ1v) is 6.45. The van der Waals surface area contributed by atoms with Gasteiger partial charge in [0.05, 0.1) is 0 Å². The maximum atomic E-state index is 9.42. The predicted molar refractivity (Wildman–Crippen MR) is 73.1 cm³/mol. The van der Waals surface area contributed by atoms with Crippen molar-refractivity contribution in [3.63, 3.8) is 0 Å². The fraction of sp³-hybridized carbons (Fsp3) is 0.214. The minimum atomic E-state index is 0.589. The van der Waals surface area contributed by atoms with E-state index in [2.05, 4.69) is 21.4 Å². The van der Waals surface area contributed by atoms with E-state index < -0.39 is 0 Å². The van der Waals surface area contributed by atoms with Crippen LogP contribution in [0.2, 0.25) is 0 Å². The molecule has 0 unspecified atom stereocenters. The second-order valence-electron chi connectivity index (χ2n) is 4.71. The fourth-order valence-electron chi connectivity index (χ4n) is 2.56. The molecular weight excluding hydrogens is 254 g/mol. The molecule has 1 aliphatic rings. The van der Waals surface area contributed by atoms with Crippen LogP contribution in [0.15, 0.2) is 29.0 Å². The van der Waals surface area contributed by atoms with E-state index in [-0.39, 0.29) is 0 Å². The van der Waals surface area contributed by atoms with E-state index in [1.165, 1.54) is 6.39 Å². The van der Waals surface area contributed by atoms with E-state index in [0.29, 0.717) is 17.0 Å². The van der Waals surface area contributed by atoms with Gasteiger partial charge in [-0.15, -0.1) is 0 Å². The molecule has 0 saturated carbocycles. The van der Waals surface area contributed by atoms with Crippen LogP contribution in [0.4, 0.5) is 5.95 Å². The van der Waals surface area contributed by atoms with Crippen LogP contribution < -0.4 is 5.32 Å². The zero-order valence-electron chi connectivity index (χ0n) is 10.6. The van der Waals surface area contributed by atoms with Gasteiger partial charge in [0.2, 0.25) is 5.95 Å². The first kappa shape index (κ1) is 11.1. The van der Waals surface area contributed by atoms with Crippen LogP contribution >= 0.6 is 0 Å². The van der Waals surface area contributed by atoms with Crippen LogP contribution in [0.1, 0.15) is 12.1 Å². The number of benzene rings is 1. The molecule has 3 heterocycles. The van der Waals surface area contributed by atoms with Crippen LogP contribution in [0.3, 0.4) is 0 Å². The highest BCUT2D eigenvalue weighted by atomic mass is 16.3. The van der Waals surface area contributed by atoms with Gasteiger partial charge in [-0.05, 0) is 18.6 Å². The molecule has 3 aromatic rings. The zero-order valence-corrected chi connectivity index (χ0v) is 10.6. The topological polar surface area (TPSA) is 79.7 Å². The third-order valence-electron chi connectivity index (χ3n) is 3.52. The van der Waals surface area contributed by atoms with Crippen molar-refractivity contribution in [3.05, 3.63) is 30.3 Å². The average molecular weight is 265 g/mol. The van der Waals surface area contributed by atoms with Crippen molar-refractivity contribution < 1.29 is 4.42 Å². The molecule has 4 rings (SSSR count). The number of nitriles is 1. The van der Waals surface area contributed by atoms with E-state index in [9.17, 15) is 5.26 Å². The second kappa shape index (κ2) is 4.10. The SMILES string of the molecule is N#Cc1c(-c2ccc3ncoc3c2)nc2n1CCCN2. The Morgan fingerprint density at radius 1 is 1.40 bits per heavy atom. The summed E-state index contributed by atoms with van der Waals surface area (Å²) in [6.07, 6.45) is 2.41. The number of fused-ring (bicyclic) bond motifs is 2. The van der Waals surface area contributed by atoms with Crippen LogP contribution in [-0.2, 0) is 6.54 Å². The van der Waals surface area contributed by atoms with Gasteiger partial charge < -0.3 is 14.3 Å². The first-order valence-electron chi connectivity index (χ1n) is 6.45. The summed E-state index contributed by atoms with van der Waals surface area (Å²) in [6, 6.07) is 7.92. The van der Waals surface area contributed by atoms with Gasteiger partial charge in [-0.1, -0.05) is 6.07 Å². The normalized spacial score (nSPS) is 13.8. The Hall–Kier alpha value is -2.81. The average Bonchev–Trinajstić information content (AvgIpc) is 3.10. The summed E-state index contributed by atoms with van der Waals surface area (Å²) >= 11 is 0. The molecule has 1 aromatic carbocycles. The maximum absolute atomic E-state index is 9.42. The summed E-state index contributed by atoms with van der Waals surface area (Å²) in [5.74, 6) is 0.764. The Kier molecular flexibility index (Phi) is 2.27. The summed E-state index contributed by atoms with van der Waals surface area (Å²) in [5.41, 5.74) is 3.65. The van der Waals surface area contributed by atoms with Gasteiger partial charge in [0, 0.05) is 18.7 Å². The molecule has 1 N–H and O–H groups in total. The summed E-state index contributed by atoms with van der Waals surface area (Å²) in [4.78, 5) is 8.64. The monoisotopic (exact) mass is 265 g/mol. The molecule has 2 aromatic heterocycles. The van der Waals surface area contributed by atoms with Gasteiger partial charge in [-0.2, -0.15) is 5.26 Å². The van der Waals surface area contributed by atoms with Crippen LogP contribution in [0, 0.1) is 11.3 Å². The molecule has 6 nitrogen and oxygen atoms in total. The lowest BCUT2D eigenvalue weighted by molar-refractivity contribution is 0.602. The standard InChI is InChI=1S/C14H11N5O/c15-7-11-13(18-14-16-4-1-5-19(11)14)9-2-3-10-12(6-9)20-8-17-10/h2-3,6,8H,1,4-5H2,(H,16,18). The highest BCUT2D eigenvalue weighted by molar-refractivity contribution is 5.80. The van der Waals surface area contributed by atoms with Crippen molar-refractivity contribution in [1.82, 2.24) is 14.5 Å². The molecule has 0 atom stereocenters. The Labute approximate surface area is 114 Å². The molecule has 0 fully saturated rings. The van der Waals surface area contributed by atoms with Gasteiger partial charge in [-0.25, -0.2) is 9.97 Å². The maximum Gasteiger partial charge on any atom is 0.204 e. The lowest BCUT2D eigenvalue weighted by Gasteiger charge is -2.15. The molecule has 1 aliphatic heterocycles. The van der Waals surface area contributed by atoms with Crippen molar-refractivity contribution in [2.24, 2.45) is 0 Å². The quantitative estimate of drug-likeness (QED) is 0.730. The molecule has 0 aliphatic carbocycles. The van der Waals surface area contributed by atoms with Crippen molar-refractivity contribution in [1.29, 1.82) is 5.26 Å². The van der Waals surface area contributed by atoms with E-state index >= 15 is 0 Å². The predicted octanol–water partition coefficient (Wildman–Crippen LogP) is 2.38. The Balaban J connectivity index is 1.93. The van der Waals surface area contributed by atoms with E-state index in [4.69, 9.17) is 4.42 Å². The number of aromatic nitrogens is 3. The van der Waals surface area contributed by atoms with Crippen molar-refractivity contribution in [3.8, 4) is 17.3 Å². The van der Waals surface area contributed by atoms with Crippen molar-refractivity contribution >= 4 is 17.0 Å². The highest BCUT2D eigenvalue weighted by Crippen LogP contribution is 2.29. The zero-order chi connectivity index (χ0) is 13.5. The number of oxazole rings is 1. The molecule has 20 heavy (non-hydrogen) atoms. The molecule has 0 radical (unpaired) electrons. The third-order valence-corrected chi connectivity index (χ3v) is 3.52. The minimum absolute atomic E-state index is 0.589. The number of nitrogens with one attached hydrogen (secondary N) is 1. The molecule has 0 bridgehead atoms. The van der Waals surface area contributed by atoms with Crippen LogP contribution in [0.5, 0.6) is 0 Å². The lowest BCUT2D eigenvalue weighted by Crippen LogP contribution is -2.18. The Morgan fingerprint density at radius 2 is 2.35 bits per heavy atom. The fourth-order valence-corrected chi connectivity index (χ4v) is 2.56. The number of rotatable bonds is 1. The van der Waals surface area contributed by atoms with Gasteiger partial charge in [0.1, 0.15) is 23.0 Å². The number of anilines is 1. The van der Waals surface area contributed by atoms with Crippen LogP contribution in [0.25, 0.3) is 22.4 Å². The number of imidazole rings is 1. The Bertz CT molecular complexity index is 839. The third kappa shape index (κ3) is 1.50. The molecule has 0 saturated heterocycles. The largest absolute Gasteiger partial charge is 0.443 e. The molecule has 0 amide bonds. The first-order chi connectivity index (χ1) is 9.86.